The Morgan fingerprint density at radius 2 is 1.96 bits per heavy atom. The number of rotatable bonds is 3. The van der Waals surface area contributed by atoms with Crippen LogP contribution in [0, 0.1) is 5.92 Å². The molecule has 128 valence electrons. The van der Waals surface area contributed by atoms with Crippen molar-refractivity contribution in [2.75, 3.05) is 0 Å². The van der Waals surface area contributed by atoms with E-state index in [1.807, 2.05) is 30.3 Å². The maximum Gasteiger partial charge on any atom is 0.338 e. The molecule has 0 saturated heterocycles. The van der Waals surface area contributed by atoms with Crippen molar-refractivity contribution in [2.24, 2.45) is 5.92 Å². The zero-order valence-electron chi connectivity index (χ0n) is 14.2. The van der Waals surface area contributed by atoms with Crippen molar-refractivity contribution >= 4 is 12.0 Å². The van der Waals surface area contributed by atoms with Gasteiger partial charge in [0.1, 0.15) is 6.10 Å². The lowest BCUT2D eigenvalue weighted by molar-refractivity contribution is -0.146. The molecule has 2 amide bonds. The number of urea groups is 1. The van der Waals surface area contributed by atoms with E-state index < -0.39 is 6.04 Å². The molecule has 0 aromatic heterocycles. The van der Waals surface area contributed by atoms with Gasteiger partial charge in [0.15, 0.2) is 0 Å². The minimum absolute atomic E-state index is 0.0319. The summed E-state index contributed by atoms with van der Waals surface area (Å²) in [6.07, 6.45) is 4.08. The third kappa shape index (κ3) is 3.61. The van der Waals surface area contributed by atoms with Gasteiger partial charge in [-0.1, -0.05) is 43.7 Å². The maximum absolute atomic E-state index is 12.8. The normalized spacial score (nSPS) is 27.2. The molecule has 1 aliphatic carbocycles. The van der Waals surface area contributed by atoms with Crippen LogP contribution in [0.3, 0.4) is 0 Å². The van der Waals surface area contributed by atoms with E-state index in [9.17, 15) is 9.59 Å². The predicted molar refractivity (Wildman–Crippen MR) is 91.1 cm³/mol. The summed E-state index contributed by atoms with van der Waals surface area (Å²) in [4.78, 5) is 24.7. The number of benzene rings is 1. The predicted octanol–water partition coefficient (Wildman–Crippen LogP) is 3.44. The molecule has 3 atom stereocenters. The molecule has 1 heterocycles. The molecule has 2 N–H and O–H groups in total. The van der Waals surface area contributed by atoms with Gasteiger partial charge in [-0.15, -0.1) is 0 Å². The van der Waals surface area contributed by atoms with Gasteiger partial charge < -0.3 is 15.4 Å². The SMILES string of the molecule is CC1=C(C(=O)O[C@@H]2CCC[C@H](C)C2)[C@H](c2ccccc2)NC(=O)N1. The number of ether oxygens (including phenoxy) is 1. The molecule has 0 unspecified atom stereocenters. The Labute approximate surface area is 142 Å². The van der Waals surface area contributed by atoms with Crippen molar-refractivity contribution in [3.8, 4) is 0 Å². The first-order chi connectivity index (χ1) is 11.5. The molecule has 5 heteroatoms. The van der Waals surface area contributed by atoms with Gasteiger partial charge in [-0.3, -0.25) is 0 Å². The number of amides is 2. The minimum atomic E-state index is -0.478. The molecule has 5 nitrogen and oxygen atoms in total. The highest BCUT2D eigenvalue weighted by molar-refractivity contribution is 5.95. The molecule has 24 heavy (non-hydrogen) atoms. The van der Waals surface area contributed by atoms with Crippen LogP contribution in [0.5, 0.6) is 0 Å². The van der Waals surface area contributed by atoms with Crippen molar-refractivity contribution in [3.05, 3.63) is 47.2 Å². The third-order valence-electron chi connectivity index (χ3n) is 4.78. The Hall–Kier alpha value is -2.30. The van der Waals surface area contributed by atoms with Crippen LogP contribution in [0.4, 0.5) is 4.79 Å². The molecule has 0 spiro atoms. The Morgan fingerprint density at radius 1 is 1.21 bits per heavy atom. The summed E-state index contributed by atoms with van der Waals surface area (Å²) in [7, 11) is 0. The van der Waals surface area contributed by atoms with Gasteiger partial charge in [0.2, 0.25) is 0 Å². The first-order valence-electron chi connectivity index (χ1n) is 8.59. The van der Waals surface area contributed by atoms with E-state index in [4.69, 9.17) is 4.74 Å². The molecular weight excluding hydrogens is 304 g/mol. The van der Waals surface area contributed by atoms with Gasteiger partial charge >= 0.3 is 12.0 Å². The van der Waals surface area contributed by atoms with Gasteiger partial charge in [-0.2, -0.15) is 0 Å². The molecule has 0 bridgehead atoms. The highest BCUT2D eigenvalue weighted by Gasteiger charge is 2.33. The number of allylic oxidation sites excluding steroid dienone is 1. The standard InChI is InChI=1S/C19H24N2O3/c1-12-7-6-10-15(11-12)24-18(22)16-13(2)20-19(23)21-17(16)14-8-4-3-5-9-14/h3-5,8-9,12,15,17H,6-7,10-11H2,1-2H3,(H2,20,21,23)/t12-,15+,17-/m0/s1. The number of esters is 1. The largest absolute Gasteiger partial charge is 0.459 e. The number of nitrogens with one attached hydrogen (secondary N) is 2. The van der Waals surface area contributed by atoms with Crippen LogP contribution in [0.25, 0.3) is 0 Å². The molecule has 1 aromatic rings. The summed E-state index contributed by atoms with van der Waals surface area (Å²) in [6, 6.07) is 8.72. The van der Waals surface area contributed by atoms with Crippen molar-refractivity contribution in [1.82, 2.24) is 10.6 Å². The molecule has 2 aliphatic rings. The van der Waals surface area contributed by atoms with Crippen molar-refractivity contribution < 1.29 is 14.3 Å². The first-order valence-corrected chi connectivity index (χ1v) is 8.59. The van der Waals surface area contributed by atoms with Crippen LogP contribution in [0.1, 0.15) is 51.1 Å². The molecule has 1 fully saturated rings. The summed E-state index contributed by atoms with van der Waals surface area (Å²) in [5.74, 6) is 0.244. The van der Waals surface area contributed by atoms with E-state index in [1.54, 1.807) is 6.92 Å². The Balaban J connectivity index is 1.83. The summed E-state index contributed by atoms with van der Waals surface area (Å²) in [5, 5.41) is 5.52. The van der Waals surface area contributed by atoms with E-state index >= 15 is 0 Å². The van der Waals surface area contributed by atoms with Gasteiger partial charge in [0.05, 0.1) is 11.6 Å². The Morgan fingerprint density at radius 3 is 2.67 bits per heavy atom. The number of carbonyl (C=O) groups is 2. The van der Waals surface area contributed by atoms with Crippen molar-refractivity contribution in [1.29, 1.82) is 0 Å². The molecule has 1 saturated carbocycles. The van der Waals surface area contributed by atoms with E-state index in [1.165, 1.54) is 6.42 Å². The monoisotopic (exact) mass is 328 g/mol. The molecule has 1 aliphatic heterocycles. The fraction of sp³-hybridized carbons (Fsp3) is 0.474. The highest BCUT2D eigenvalue weighted by atomic mass is 16.5. The average molecular weight is 328 g/mol. The lowest BCUT2D eigenvalue weighted by Crippen LogP contribution is -2.45. The lowest BCUT2D eigenvalue weighted by Gasteiger charge is -2.31. The molecule has 1 aromatic carbocycles. The number of hydrogen-bond acceptors (Lipinski definition) is 3. The zero-order chi connectivity index (χ0) is 17.1. The Bertz CT molecular complexity index is 654. The quantitative estimate of drug-likeness (QED) is 0.835. The smallest absolute Gasteiger partial charge is 0.338 e. The zero-order valence-corrected chi connectivity index (χ0v) is 14.2. The number of hydrogen-bond donors (Lipinski definition) is 2. The summed E-state index contributed by atoms with van der Waals surface area (Å²) in [6.45, 7) is 3.94. The highest BCUT2D eigenvalue weighted by Crippen LogP contribution is 2.30. The summed E-state index contributed by atoms with van der Waals surface area (Å²) >= 11 is 0. The van der Waals surface area contributed by atoms with E-state index in [-0.39, 0.29) is 18.1 Å². The van der Waals surface area contributed by atoms with Crippen LogP contribution in [-0.4, -0.2) is 18.1 Å². The summed E-state index contributed by atoms with van der Waals surface area (Å²) < 4.78 is 5.77. The molecule has 3 rings (SSSR count). The van der Waals surface area contributed by atoms with Crippen LogP contribution < -0.4 is 10.6 Å². The van der Waals surface area contributed by atoms with Crippen molar-refractivity contribution in [2.45, 2.75) is 51.7 Å². The second-order valence-corrected chi connectivity index (χ2v) is 6.78. The maximum atomic E-state index is 12.8. The van der Waals surface area contributed by atoms with Gasteiger partial charge in [0, 0.05) is 5.70 Å². The van der Waals surface area contributed by atoms with Crippen LogP contribution in [0.15, 0.2) is 41.6 Å². The fourth-order valence-electron chi connectivity index (χ4n) is 3.56. The number of carbonyl (C=O) groups excluding carboxylic acids is 2. The first kappa shape index (κ1) is 16.6. The van der Waals surface area contributed by atoms with Gasteiger partial charge in [-0.25, -0.2) is 9.59 Å². The lowest BCUT2D eigenvalue weighted by atomic mass is 9.88. The van der Waals surface area contributed by atoms with Crippen LogP contribution in [-0.2, 0) is 9.53 Å². The average Bonchev–Trinajstić information content (AvgIpc) is 2.54. The third-order valence-corrected chi connectivity index (χ3v) is 4.78. The van der Waals surface area contributed by atoms with Gasteiger partial charge in [-0.05, 0) is 37.7 Å². The minimum Gasteiger partial charge on any atom is -0.459 e. The second kappa shape index (κ2) is 7.07. The van der Waals surface area contributed by atoms with E-state index in [0.717, 1.165) is 24.8 Å². The van der Waals surface area contributed by atoms with E-state index in [2.05, 4.69) is 17.6 Å². The second-order valence-electron chi connectivity index (χ2n) is 6.78. The molecular formula is C19H24N2O3. The van der Waals surface area contributed by atoms with Gasteiger partial charge in [0.25, 0.3) is 0 Å². The van der Waals surface area contributed by atoms with E-state index in [0.29, 0.717) is 17.2 Å². The fourth-order valence-corrected chi connectivity index (χ4v) is 3.56. The van der Waals surface area contributed by atoms with Crippen LogP contribution in [0.2, 0.25) is 0 Å². The summed E-state index contributed by atoms with van der Waals surface area (Å²) in [5.41, 5.74) is 1.91. The Kier molecular flexibility index (Phi) is 4.88. The molecule has 0 radical (unpaired) electrons. The van der Waals surface area contributed by atoms with Crippen molar-refractivity contribution in [3.63, 3.8) is 0 Å². The topological polar surface area (TPSA) is 67.4 Å². The van der Waals surface area contributed by atoms with Crippen LogP contribution >= 0.6 is 0 Å².